The van der Waals surface area contributed by atoms with Gasteiger partial charge < -0.3 is 15.2 Å². The second kappa shape index (κ2) is 6.71. The average Bonchev–Trinajstić information content (AvgIpc) is 2.50. The van der Waals surface area contributed by atoms with Crippen LogP contribution in [0.5, 0.6) is 0 Å². The highest BCUT2D eigenvalue weighted by Gasteiger charge is 2.38. The van der Waals surface area contributed by atoms with E-state index in [-0.39, 0.29) is 40.5 Å². The summed E-state index contributed by atoms with van der Waals surface area (Å²) in [7, 11) is 0. The number of halogens is 2. The molecule has 1 atom stereocenters. The van der Waals surface area contributed by atoms with E-state index in [0.717, 1.165) is 0 Å². The fraction of sp³-hybridized carbons (Fsp3) is 0.294. The standard InChI is InChI=1S/C17H16F2N2O3/c1-4-23-17(22)14-9(3)24-16(21)11(7-20)15(14)10-5-8(2)12(18)6-13(10)19/h5-6,15H,4,21H2,1-3H3. The van der Waals surface area contributed by atoms with E-state index < -0.39 is 23.5 Å². The minimum Gasteiger partial charge on any atom is -0.463 e. The quantitative estimate of drug-likeness (QED) is 0.859. The molecule has 1 aliphatic heterocycles. The summed E-state index contributed by atoms with van der Waals surface area (Å²) in [6.07, 6.45) is 0. The SMILES string of the molecule is CCOC(=O)C1=C(C)OC(N)=C(C#N)C1c1cc(C)c(F)cc1F. The van der Waals surface area contributed by atoms with E-state index in [2.05, 4.69) is 0 Å². The molecule has 1 aromatic rings. The second-order valence-corrected chi connectivity index (χ2v) is 5.24. The summed E-state index contributed by atoms with van der Waals surface area (Å²) in [5.74, 6) is -3.60. The van der Waals surface area contributed by atoms with Crippen LogP contribution in [0.15, 0.2) is 34.9 Å². The number of nitriles is 1. The lowest BCUT2D eigenvalue weighted by Crippen LogP contribution is -2.26. The number of allylic oxidation sites excluding steroid dienone is 2. The van der Waals surface area contributed by atoms with Gasteiger partial charge in [-0.05, 0) is 32.4 Å². The number of hydrogen-bond donors (Lipinski definition) is 1. The number of carbonyl (C=O) groups excluding carboxylic acids is 1. The molecule has 1 heterocycles. The first-order valence-corrected chi connectivity index (χ1v) is 7.22. The molecule has 0 amide bonds. The highest BCUT2D eigenvalue weighted by molar-refractivity contribution is 5.92. The average molecular weight is 334 g/mol. The van der Waals surface area contributed by atoms with Crippen molar-refractivity contribution in [3.05, 3.63) is 57.7 Å². The highest BCUT2D eigenvalue weighted by atomic mass is 19.1. The topological polar surface area (TPSA) is 85.3 Å². The van der Waals surface area contributed by atoms with Gasteiger partial charge in [-0.2, -0.15) is 5.26 Å². The zero-order valence-corrected chi connectivity index (χ0v) is 13.4. The third kappa shape index (κ3) is 2.95. The Kier molecular flexibility index (Phi) is 4.88. The van der Waals surface area contributed by atoms with Gasteiger partial charge >= 0.3 is 5.97 Å². The van der Waals surface area contributed by atoms with E-state index in [0.29, 0.717) is 6.07 Å². The molecule has 5 nitrogen and oxygen atoms in total. The summed E-state index contributed by atoms with van der Waals surface area (Å²) < 4.78 is 38.2. The van der Waals surface area contributed by atoms with Gasteiger partial charge in [0.15, 0.2) is 0 Å². The monoisotopic (exact) mass is 334 g/mol. The summed E-state index contributed by atoms with van der Waals surface area (Å²) in [4.78, 5) is 12.3. The minimum atomic E-state index is -1.12. The molecule has 1 unspecified atom stereocenters. The van der Waals surface area contributed by atoms with Crippen LogP contribution in [-0.4, -0.2) is 12.6 Å². The predicted octanol–water partition coefficient (Wildman–Crippen LogP) is 2.92. The maximum atomic E-state index is 14.4. The van der Waals surface area contributed by atoms with Crippen LogP contribution < -0.4 is 5.73 Å². The molecule has 0 saturated heterocycles. The van der Waals surface area contributed by atoms with Crippen LogP contribution in [0.3, 0.4) is 0 Å². The highest BCUT2D eigenvalue weighted by Crippen LogP contribution is 2.41. The van der Waals surface area contributed by atoms with Gasteiger partial charge in [0.1, 0.15) is 29.0 Å². The maximum absolute atomic E-state index is 14.4. The van der Waals surface area contributed by atoms with E-state index >= 15 is 0 Å². The van der Waals surface area contributed by atoms with Crippen molar-refractivity contribution in [2.24, 2.45) is 5.73 Å². The number of hydrogen-bond acceptors (Lipinski definition) is 5. The van der Waals surface area contributed by atoms with Crippen molar-refractivity contribution in [2.45, 2.75) is 26.7 Å². The summed E-state index contributed by atoms with van der Waals surface area (Å²) >= 11 is 0. The summed E-state index contributed by atoms with van der Waals surface area (Å²) in [5, 5.41) is 9.38. The number of esters is 1. The number of carbonyl (C=O) groups is 1. The van der Waals surface area contributed by atoms with Gasteiger partial charge in [0.25, 0.3) is 0 Å². The third-order valence-corrected chi connectivity index (χ3v) is 3.69. The predicted molar refractivity (Wildman–Crippen MR) is 81.1 cm³/mol. The molecule has 24 heavy (non-hydrogen) atoms. The smallest absolute Gasteiger partial charge is 0.338 e. The first-order valence-electron chi connectivity index (χ1n) is 7.22. The van der Waals surface area contributed by atoms with Gasteiger partial charge in [-0.3, -0.25) is 0 Å². The van der Waals surface area contributed by atoms with Crippen molar-refractivity contribution in [2.75, 3.05) is 6.61 Å². The first kappa shape index (κ1) is 17.5. The molecule has 0 fully saturated rings. The Bertz CT molecular complexity index is 807. The maximum Gasteiger partial charge on any atom is 0.338 e. The lowest BCUT2D eigenvalue weighted by Gasteiger charge is -2.27. The second-order valence-electron chi connectivity index (χ2n) is 5.24. The van der Waals surface area contributed by atoms with Gasteiger partial charge in [0.05, 0.1) is 18.1 Å². The lowest BCUT2D eigenvalue weighted by molar-refractivity contribution is -0.139. The van der Waals surface area contributed by atoms with Crippen LogP contribution in [0.25, 0.3) is 0 Å². The number of nitrogens with two attached hydrogens (primary N) is 1. The normalized spacial score (nSPS) is 17.4. The van der Waals surface area contributed by atoms with Crippen molar-refractivity contribution >= 4 is 5.97 Å². The van der Waals surface area contributed by atoms with E-state index in [1.165, 1.54) is 19.9 Å². The summed E-state index contributed by atoms with van der Waals surface area (Å²) in [5.41, 5.74) is 5.68. The first-order chi connectivity index (χ1) is 11.3. The van der Waals surface area contributed by atoms with E-state index in [4.69, 9.17) is 15.2 Å². The number of aryl methyl sites for hydroxylation is 1. The fourth-order valence-electron chi connectivity index (χ4n) is 2.57. The Labute approximate surface area is 138 Å². The van der Waals surface area contributed by atoms with Crippen molar-refractivity contribution in [3.63, 3.8) is 0 Å². The Balaban J connectivity index is 2.72. The number of benzene rings is 1. The molecule has 7 heteroatoms. The van der Waals surface area contributed by atoms with Gasteiger partial charge in [0, 0.05) is 11.6 Å². The number of nitrogens with zero attached hydrogens (tertiary/aromatic N) is 1. The Morgan fingerprint density at radius 3 is 2.62 bits per heavy atom. The molecular formula is C17H16F2N2O3. The molecule has 0 bridgehead atoms. The zero-order valence-electron chi connectivity index (χ0n) is 13.4. The van der Waals surface area contributed by atoms with Crippen LogP contribution in [0.2, 0.25) is 0 Å². The van der Waals surface area contributed by atoms with Gasteiger partial charge in [-0.15, -0.1) is 0 Å². The molecule has 1 aliphatic rings. The van der Waals surface area contributed by atoms with Crippen molar-refractivity contribution in [3.8, 4) is 6.07 Å². The van der Waals surface area contributed by atoms with Crippen molar-refractivity contribution in [1.29, 1.82) is 5.26 Å². The largest absolute Gasteiger partial charge is 0.463 e. The fourth-order valence-corrected chi connectivity index (χ4v) is 2.57. The van der Waals surface area contributed by atoms with Crippen LogP contribution in [-0.2, 0) is 14.3 Å². The lowest BCUT2D eigenvalue weighted by atomic mass is 9.82. The molecule has 1 aromatic carbocycles. The molecule has 0 aromatic heterocycles. The molecular weight excluding hydrogens is 318 g/mol. The third-order valence-electron chi connectivity index (χ3n) is 3.69. The zero-order chi connectivity index (χ0) is 18.0. The van der Waals surface area contributed by atoms with Crippen molar-refractivity contribution < 1.29 is 23.0 Å². The van der Waals surface area contributed by atoms with Gasteiger partial charge in [-0.25, -0.2) is 13.6 Å². The van der Waals surface area contributed by atoms with Crippen LogP contribution >= 0.6 is 0 Å². The van der Waals surface area contributed by atoms with Gasteiger partial charge in [-0.1, -0.05) is 0 Å². The summed E-state index contributed by atoms with van der Waals surface area (Å²) in [6, 6.07) is 3.80. The molecule has 2 rings (SSSR count). The van der Waals surface area contributed by atoms with E-state index in [1.807, 2.05) is 6.07 Å². The Hall–Kier alpha value is -2.88. The Morgan fingerprint density at radius 2 is 2.04 bits per heavy atom. The van der Waals surface area contributed by atoms with Gasteiger partial charge in [0.2, 0.25) is 5.88 Å². The van der Waals surface area contributed by atoms with Crippen LogP contribution in [0.1, 0.15) is 30.9 Å². The van der Waals surface area contributed by atoms with E-state index in [9.17, 15) is 18.8 Å². The molecule has 0 spiro atoms. The number of rotatable bonds is 3. The van der Waals surface area contributed by atoms with E-state index in [1.54, 1.807) is 6.92 Å². The molecule has 0 aliphatic carbocycles. The van der Waals surface area contributed by atoms with Crippen LogP contribution in [0, 0.1) is 29.9 Å². The number of ether oxygens (including phenoxy) is 2. The molecule has 126 valence electrons. The Morgan fingerprint density at radius 1 is 1.38 bits per heavy atom. The van der Waals surface area contributed by atoms with Crippen molar-refractivity contribution in [1.82, 2.24) is 0 Å². The van der Waals surface area contributed by atoms with Crippen LogP contribution in [0.4, 0.5) is 8.78 Å². The molecule has 0 radical (unpaired) electrons. The molecule has 2 N–H and O–H groups in total. The summed E-state index contributed by atoms with van der Waals surface area (Å²) in [6.45, 7) is 4.63. The minimum absolute atomic E-state index is 0.0347. The molecule has 0 saturated carbocycles.